The van der Waals surface area contributed by atoms with Crippen LogP contribution >= 0.6 is 0 Å². The highest BCUT2D eigenvalue weighted by molar-refractivity contribution is 5.84. The van der Waals surface area contributed by atoms with Crippen molar-refractivity contribution in [2.45, 2.75) is 40.7 Å². The van der Waals surface area contributed by atoms with Crippen molar-refractivity contribution in [3.63, 3.8) is 0 Å². The summed E-state index contributed by atoms with van der Waals surface area (Å²) in [6.45, 7) is 10.3. The Morgan fingerprint density at radius 3 is 2.50 bits per heavy atom. The van der Waals surface area contributed by atoms with Gasteiger partial charge in [0, 0.05) is 24.7 Å². The lowest BCUT2D eigenvalue weighted by Gasteiger charge is -2.30. The minimum atomic E-state index is 0.104. The molecule has 0 unspecified atom stereocenters. The summed E-state index contributed by atoms with van der Waals surface area (Å²) in [7, 11) is 0. The summed E-state index contributed by atoms with van der Waals surface area (Å²) < 4.78 is 0. The van der Waals surface area contributed by atoms with E-state index < -0.39 is 0 Å². The van der Waals surface area contributed by atoms with Crippen LogP contribution in [0.3, 0.4) is 0 Å². The van der Waals surface area contributed by atoms with Crippen LogP contribution in [0.2, 0.25) is 0 Å². The molecule has 20 heavy (non-hydrogen) atoms. The Bertz CT molecular complexity index is 560. The molecule has 0 bridgehead atoms. The van der Waals surface area contributed by atoms with Gasteiger partial charge in [-0.1, -0.05) is 39.8 Å². The van der Waals surface area contributed by atoms with Crippen LogP contribution in [-0.2, 0) is 17.8 Å². The van der Waals surface area contributed by atoms with Crippen molar-refractivity contribution in [3.05, 3.63) is 29.3 Å². The molecule has 0 atom stereocenters. The van der Waals surface area contributed by atoms with E-state index in [0.717, 1.165) is 24.2 Å². The molecular weight excluding hydrogens is 248 g/mol. The lowest BCUT2D eigenvalue weighted by molar-refractivity contribution is -0.134. The molecule has 1 aromatic rings. The fourth-order valence-electron chi connectivity index (χ4n) is 3.79. The van der Waals surface area contributed by atoms with Crippen LogP contribution in [0.4, 0.5) is 5.69 Å². The second kappa shape index (κ2) is 4.00. The second-order valence-electron chi connectivity index (χ2n) is 7.37. The summed E-state index contributed by atoms with van der Waals surface area (Å²) in [4.78, 5) is 14.8. The van der Waals surface area contributed by atoms with Gasteiger partial charge < -0.3 is 10.6 Å². The topological polar surface area (TPSA) is 46.3 Å². The molecule has 0 saturated heterocycles. The Kier molecular flexibility index (Phi) is 2.69. The Labute approximate surface area is 121 Å². The third-order valence-electron chi connectivity index (χ3n) is 5.89. The predicted molar refractivity (Wildman–Crippen MR) is 81.0 cm³/mol. The Hall–Kier alpha value is -1.51. The molecule has 1 aliphatic heterocycles. The van der Waals surface area contributed by atoms with Crippen molar-refractivity contribution >= 4 is 11.6 Å². The number of rotatable bonds is 1. The molecule has 1 aromatic carbocycles. The quantitative estimate of drug-likeness (QED) is 0.799. The molecule has 1 aliphatic carbocycles. The summed E-state index contributed by atoms with van der Waals surface area (Å²) in [5.74, 6) is 0.440. The maximum atomic E-state index is 12.8. The molecule has 1 heterocycles. The molecule has 0 aromatic heterocycles. The second-order valence-corrected chi connectivity index (χ2v) is 7.37. The van der Waals surface area contributed by atoms with Gasteiger partial charge in [0.2, 0.25) is 5.91 Å². The van der Waals surface area contributed by atoms with Crippen molar-refractivity contribution in [1.29, 1.82) is 0 Å². The van der Waals surface area contributed by atoms with E-state index in [1.807, 2.05) is 17.0 Å². The van der Waals surface area contributed by atoms with E-state index >= 15 is 0 Å². The van der Waals surface area contributed by atoms with Gasteiger partial charge in [-0.2, -0.15) is 0 Å². The number of fused-ring (bicyclic) bond motifs is 1. The molecule has 108 valence electrons. The number of amides is 1. The Balaban J connectivity index is 1.82. The minimum absolute atomic E-state index is 0.104. The van der Waals surface area contributed by atoms with Gasteiger partial charge in [0.05, 0.1) is 0 Å². The van der Waals surface area contributed by atoms with Crippen LogP contribution in [0.15, 0.2) is 18.2 Å². The van der Waals surface area contributed by atoms with Crippen molar-refractivity contribution in [1.82, 2.24) is 4.90 Å². The molecule has 1 fully saturated rings. The van der Waals surface area contributed by atoms with Gasteiger partial charge >= 0.3 is 0 Å². The first-order valence-corrected chi connectivity index (χ1v) is 7.42. The van der Waals surface area contributed by atoms with Gasteiger partial charge in [0.1, 0.15) is 0 Å². The van der Waals surface area contributed by atoms with E-state index in [1.54, 1.807) is 0 Å². The van der Waals surface area contributed by atoms with E-state index in [4.69, 9.17) is 5.73 Å². The van der Waals surface area contributed by atoms with E-state index in [1.165, 1.54) is 5.56 Å². The van der Waals surface area contributed by atoms with Gasteiger partial charge in [0.25, 0.3) is 0 Å². The molecule has 2 N–H and O–H groups in total. The molecule has 2 aliphatic rings. The summed E-state index contributed by atoms with van der Waals surface area (Å²) in [5, 5.41) is 0. The van der Waals surface area contributed by atoms with Gasteiger partial charge in [-0.05, 0) is 34.4 Å². The molecule has 1 amide bonds. The highest BCUT2D eigenvalue weighted by Gasteiger charge is 2.68. The summed E-state index contributed by atoms with van der Waals surface area (Å²) in [6.07, 6.45) is 0.916. The summed E-state index contributed by atoms with van der Waals surface area (Å²) in [5.41, 5.74) is 9.52. The number of nitrogens with zero attached hydrogens (tertiary/aromatic N) is 1. The SMILES string of the molecule is CC1(C)C(C(=O)N2CCc3cccc(N)c3C2)C1(C)C. The standard InChI is InChI=1S/C17H24N2O/c1-16(2)14(17(16,3)4)15(20)19-9-8-11-6-5-7-13(18)12(11)10-19/h5-7,14H,8-10,18H2,1-4H3. The number of anilines is 1. The predicted octanol–water partition coefficient (Wildman–Crippen LogP) is 2.84. The first-order valence-electron chi connectivity index (χ1n) is 7.42. The largest absolute Gasteiger partial charge is 0.398 e. The number of hydrogen-bond acceptors (Lipinski definition) is 2. The van der Waals surface area contributed by atoms with Crippen LogP contribution in [-0.4, -0.2) is 17.4 Å². The zero-order chi connectivity index (χ0) is 14.7. The molecule has 1 saturated carbocycles. The summed E-state index contributed by atoms with van der Waals surface area (Å²) in [6, 6.07) is 6.05. The molecule has 3 nitrogen and oxygen atoms in total. The highest BCUT2D eigenvalue weighted by atomic mass is 16.2. The fourth-order valence-corrected chi connectivity index (χ4v) is 3.79. The number of nitrogens with two attached hydrogens (primary N) is 1. The normalized spacial score (nSPS) is 23.3. The molecule has 3 heteroatoms. The van der Waals surface area contributed by atoms with Gasteiger partial charge in [-0.15, -0.1) is 0 Å². The van der Waals surface area contributed by atoms with E-state index in [2.05, 4.69) is 33.8 Å². The zero-order valence-electron chi connectivity index (χ0n) is 12.9. The van der Waals surface area contributed by atoms with Crippen LogP contribution in [0.1, 0.15) is 38.8 Å². The molecule has 0 radical (unpaired) electrons. The molecule has 3 rings (SSSR count). The van der Waals surface area contributed by atoms with Gasteiger partial charge in [-0.25, -0.2) is 0 Å². The third-order valence-corrected chi connectivity index (χ3v) is 5.89. The minimum Gasteiger partial charge on any atom is -0.398 e. The monoisotopic (exact) mass is 272 g/mol. The molecule has 0 spiro atoms. The first kappa shape index (κ1) is 13.5. The van der Waals surface area contributed by atoms with Crippen molar-refractivity contribution in [2.75, 3.05) is 12.3 Å². The van der Waals surface area contributed by atoms with E-state index in [-0.39, 0.29) is 16.7 Å². The van der Waals surface area contributed by atoms with Gasteiger partial charge in [0.15, 0.2) is 0 Å². The van der Waals surface area contributed by atoms with E-state index in [9.17, 15) is 4.79 Å². The van der Waals surface area contributed by atoms with Crippen molar-refractivity contribution in [2.24, 2.45) is 16.7 Å². The number of hydrogen-bond donors (Lipinski definition) is 1. The van der Waals surface area contributed by atoms with Crippen molar-refractivity contribution in [3.8, 4) is 0 Å². The maximum Gasteiger partial charge on any atom is 0.227 e. The van der Waals surface area contributed by atoms with Crippen LogP contribution in [0.5, 0.6) is 0 Å². The average molecular weight is 272 g/mol. The first-order chi connectivity index (χ1) is 9.26. The summed E-state index contributed by atoms with van der Waals surface area (Å²) >= 11 is 0. The Morgan fingerprint density at radius 2 is 1.90 bits per heavy atom. The smallest absolute Gasteiger partial charge is 0.227 e. The highest BCUT2D eigenvalue weighted by Crippen LogP contribution is 2.68. The molecular formula is C17H24N2O. The van der Waals surface area contributed by atoms with Gasteiger partial charge in [-0.3, -0.25) is 4.79 Å². The third kappa shape index (κ3) is 1.68. The zero-order valence-corrected chi connectivity index (χ0v) is 12.9. The Morgan fingerprint density at radius 1 is 1.25 bits per heavy atom. The number of benzene rings is 1. The lowest BCUT2D eigenvalue weighted by Crippen LogP contribution is -2.38. The van der Waals surface area contributed by atoms with Crippen LogP contribution in [0.25, 0.3) is 0 Å². The average Bonchev–Trinajstić information content (AvgIpc) is 2.79. The number of carbonyl (C=O) groups excluding carboxylic acids is 1. The van der Waals surface area contributed by atoms with Crippen molar-refractivity contribution < 1.29 is 4.79 Å². The number of nitrogen functional groups attached to an aromatic ring is 1. The maximum absolute atomic E-state index is 12.8. The number of carbonyl (C=O) groups is 1. The van der Waals surface area contributed by atoms with Crippen LogP contribution in [0, 0.1) is 16.7 Å². The lowest BCUT2D eigenvalue weighted by atomic mass is 9.97. The fraction of sp³-hybridized carbons (Fsp3) is 0.588. The van der Waals surface area contributed by atoms with E-state index in [0.29, 0.717) is 12.5 Å². The van der Waals surface area contributed by atoms with Crippen LogP contribution < -0.4 is 5.73 Å².